The van der Waals surface area contributed by atoms with Gasteiger partial charge in [0.1, 0.15) is 0 Å². The van der Waals surface area contributed by atoms with Crippen LogP contribution in [0.5, 0.6) is 0 Å². The maximum Gasteiger partial charge on any atom is 0.251 e. The molecule has 5 heteroatoms. The summed E-state index contributed by atoms with van der Waals surface area (Å²) in [5.74, 6) is -0.0666. The van der Waals surface area contributed by atoms with Gasteiger partial charge in [-0.3, -0.25) is 4.79 Å². The Bertz CT molecular complexity index is 427. The van der Waals surface area contributed by atoms with Crippen LogP contribution in [-0.2, 0) is 9.47 Å². The fourth-order valence-electron chi connectivity index (χ4n) is 2.24. The van der Waals surface area contributed by atoms with Crippen molar-refractivity contribution >= 4 is 11.6 Å². The number of hydrogen-bond donors (Lipinski definition) is 1. The number of benzene rings is 1. The minimum absolute atomic E-state index is 0.00594. The van der Waals surface area contributed by atoms with Crippen LogP contribution in [0.1, 0.15) is 17.3 Å². The van der Waals surface area contributed by atoms with E-state index in [2.05, 4.69) is 10.2 Å². The Morgan fingerprint density at radius 3 is 2.60 bits per heavy atom. The van der Waals surface area contributed by atoms with Gasteiger partial charge in [-0.2, -0.15) is 0 Å². The van der Waals surface area contributed by atoms with Crippen LogP contribution in [0.3, 0.4) is 0 Å². The highest BCUT2D eigenvalue weighted by molar-refractivity contribution is 5.94. The molecule has 0 unspecified atom stereocenters. The van der Waals surface area contributed by atoms with Gasteiger partial charge in [0.05, 0.1) is 19.8 Å². The maximum atomic E-state index is 12.0. The molecule has 0 spiro atoms. The van der Waals surface area contributed by atoms with Crippen molar-refractivity contribution in [3.8, 4) is 0 Å². The SMILES string of the molecule is COC[C@@H](C)NC(=O)c1ccc(N2CCOCC2)cc1. The average molecular weight is 278 g/mol. The smallest absolute Gasteiger partial charge is 0.251 e. The van der Waals surface area contributed by atoms with Gasteiger partial charge in [-0.25, -0.2) is 0 Å². The van der Waals surface area contributed by atoms with Crippen LogP contribution in [0.2, 0.25) is 0 Å². The number of carbonyl (C=O) groups is 1. The van der Waals surface area contributed by atoms with Crippen LogP contribution in [0, 0.1) is 0 Å². The van der Waals surface area contributed by atoms with E-state index in [-0.39, 0.29) is 11.9 Å². The van der Waals surface area contributed by atoms with Crippen LogP contribution < -0.4 is 10.2 Å². The van der Waals surface area contributed by atoms with Gasteiger partial charge < -0.3 is 19.7 Å². The first-order chi connectivity index (χ1) is 9.70. The lowest BCUT2D eigenvalue weighted by Gasteiger charge is -2.28. The monoisotopic (exact) mass is 278 g/mol. The number of anilines is 1. The van der Waals surface area contributed by atoms with E-state index in [0.717, 1.165) is 32.0 Å². The predicted molar refractivity (Wildman–Crippen MR) is 78.3 cm³/mol. The molecule has 0 radical (unpaired) electrons. The summed E-state index contributed by atoms with van der Waals surface area (Å²) in [5.41, 5.74) is 1.81. The number of carbonyl (C=O) groups excluding carboxylic acids is 1. The fraction of sp³-hybridized carbons (Fsp3) is 0.533. The van der Waals surface area contributed by atoms with E-state index in [1.54, 1.807) is 7.11 Å². The van der Waals surface area contributed by atoms with Crippen LogP contribution in [0.15, 0.2) is 24.3 Å². The molecule has 1 aliphatic heterocycles. The highest BCUT2D eigenvalue weighted by atomic mass is 16.5. The zero-order valence-corrected chi connectivity index (χ0v) is 12.1. The quantitative estimate of drug-likeness (QED) is 0.882. The minimum Gasteiger partial charge on any atom is -0.383 e. The lowest BCUT2D eigenvalue weighted by molar-refractivity contribution is 0.0905. The Balaban J connectivity index is 1.95. The van der Waals surface area contributed by atoms with Gasteiger partial charge in [0.15, 0.2) is 0 Å². The molecular formula is C15H22N2O3. The second-order valence-electron chi connectivity index (χ2n) is 4.98. The molecule has 0 saturated carbocycles. The van der Waals surface area contributed by atoms with Crippen molar-refractivity contribution in [2.45, 2.75) is 13.0 Å². The maximum absolute atomic E-state index is 12.0. The predicted octanol–water partition coefficient (Wildman–Crippen LogP) is 1.29. The van der Waals surface area contributed by atoms with Crippen molar-refractivity contribution in [1.82, 2.24) is 5.32 Å². The molecule has 1 saturated heterocycles. The van der Waals surface area contributed by atoms with Crippen molar-refractivity contribution in [1.29, 1.82) is 0 Å². The van der Waals surface area contributed by atoms with Crippen LogP contribution in [-0.4, -0.2) is 52.0 Å². The molecule has 0 aromatic heterocycles. The zero-order chi connectivity index (χ0) is 14.4. The summed E-state index contributed by atoms with van der Waals surface area (Å²) in [6.07, 6.45) is 0. The first kappa shape index (κ1) is 14.8. The molecular weight excluding hydrogens is 256 g/mol. The Hall–Kier alpha value is -1.59. The van der Waals surface area contributed by atoms with Gasteiger partial charge in [0, 0.05) is 37.5 Å². The van der Waals surface area contributed by atoms with E-state index in [0.29, 0.717) is 12.2 Å². The van der Waals surface area contributed by atoms with Crippen LogP contribution >= 0.6 is 0 Å². The summed E-state index contributed by atoms with van der Waals surface area (Å²) in [6, 6.07) is 7.70. The van der Waals surface area contributed by atoms with E-state index < -0.39 is 0 Å². The zero-order valence-electron chi connectivity index (χ0n) is 12.1. The van der Waals surface area contributed by atoms with Gasteiger partial charge in [0.25, 0.3) is 5.91 Å². The van der Waals surface area contributed by atoms with Crippen molar-refractivity contribution in [2.24, 2.45) is 0 Å². The Labute approximate surface area is 119 Å². The van der Waals surface area contributed by atoms with Gasteiger partial charge >= 0.3 is 0 Å². The van der Waals surface area contributed by atoms with E-state index in [1.807, 2.05) is 31.2 Å². The van der Waals surface area contributed by atoms with Crippen molar-refractivity contribution in [3.63, 3.8) is 0 Å². The van der Waals surface area contributed by atoms with Crippen molar-refractivity contribution in [3.05, 3.63) is 29.8 Å². The van der Waals surface area contributed by atoms with E-state index in [9.17, 15) is 4.79 Å². The Morgan fingerprint density at radius 2 is 2.00 bits per heavy atom. The molecule has 1 heterocycles. The van der Waals surface area contributed by atoms with Crippen molar-refractivity contribution < 1.29 is 14.3 Å². The van der Waals surface area contributed by atoms with Gasteiger partial charge in [0.2, 0.25) is 0 Å². The molecule has 1 fully saturated rings. The van der Waals surface area contributed by atoms with Crippen LogP contribution in [0.25, 0.3) is 0 Å². The molecule has 110 valence electrons. The van der Waals surface area contributed by atoms with Gasteiger partial charge in [-0.1, -0.05) is 0 Å². The van der Waals surface area contributed by atoms with E-state index >= 15 is 0 Å². The summed E-state index contributed by atoms with van der Waals surface area (Å²) in [6.45, 7) is 5.75. The van der Waals surface area contributed by atoms with Crippen molar-refractivity contribution in [2.75, 3.05) is 44.9 Å². The molecule has 1 atom stereocenters. The number of nitrogens with one attached hydrogen (secondary N) is 1. The van der Waals surface area contributed by atoms with E-state index in [4.69, 9.17) is 9.47 Å². The second-order valence-corrected chi connectivity index (χ2v) is 4.98. The average Bonchev–Trinajstić information content (AvgIpc) is 2.48. The third kappa shape index (κ3) is 3.95. The highest BCUT2D eigenvalue weighted by Gasteiger charge is 2.13. The third-order valence-corrected chi connectivity index (χ3v) is 3.30. The molecule has 0 bridgehead atoms. The fourth-order valence-corrected chi connectivity index (χ4v) is 2.24. The number of nitrogens with zero attached hydrogens (tertiary/aromatic N) is 1. The lowest BCUT2D eigenvalue weighted by atomic mass is 10.1. The Kier molecular flexibility index (Phi) is 5.38. The van der Waals surface area contributed by atoms with E-state index in [1.165, 1.54) is 0 Å². The summed E-state index contributed by atoms with van der Waals surface area (Å²) in [7, 11) is 1.62. The first-order valence-corrected chi connectivity index (χ1v) is 6.93. The summed E-state index contributed by atoms with van der Waals surface area (Å²) < 4.78 is 10.3. The number of hydrogen-bond acceptors (Lipinski definition) is 4. The largest absolute Gasteiger partial charge is 0.383 e. The molecule has 1 amide bonds. The summed E-state index contributed by atoms with van der Waals surface area (Å²) in [4.78, 5) is 14.3. The number of amides is 1. The minimum atomic E-state index is -0.0666. The molecule has 1 aliphatic rings. The summed E-state index contributed by atoms with van der Waals surface area (Å²) in [5, 5.41) is 2.90. The molecule has 20 heavy (non-hydrogen) atoms. The molecule has 1 N–H and O–H groups in total. The molecule has 2 rings (SSSR count). The van der Waals surface area contributed by atoms with Gasteiger partial charge in [-0.05, 0) is 31.2 Å². The standard InChI is InChI=1S/C15H22N2O3/c1-12(11-19-2)16-15(18)13-3-5-14(6-4-13)17-7-9-20-10-8-17/h3-6,12H,7-11H2,1-2H3,(H,16,18)/t12-/m1/s1. The molecule has 0 aliphatic carbocycles. The molecule has 5 nitrogen and oxygen atoms in total. The number of morpholine rings is 1. The summed E-state index contributed by atoms with van der Waals surface area (Å²) >= 11 is 0. The second kappa shape index (κ2) is 7.26. The normalized spacial score (nSPS) is 16.8. The topological polar surface area (TPSA) is 50.8 Å². The first-order valence-electron chi connectivity index (χ1n) is 6.93. The molecule has 1 aromatic rings. The lowest BCUT2D eigenvalue weighted by Crippen LogP contribution is -2.36. The Morgan fingerprint density at radius 1 is 1.35 bits per heavy atom. The third-order valence-electron chi connectivity index (χ3n) is 3.30. The molecule has 1 aromatic carbocycles. The number of methoxy groups -OCH3 is 1. The van der Waals surface area contributed by atoms with Gasteiger partial charge in [-0.15, -0.1) is 0 Å². The van der Waals surface area contributed by atoms with Crippen LogP contribution in [0.4, 0.5) is 5.69 Å². The number of ether oxygens (including phenoxy) is 2. The highest BCUT2D eigenvalue weighted by Crippen LogP contribution is 2.16. The number of rotatable bonds is 5.